The molecule has 0 aromatic heterocycles. The lowest BCUT2D eigenvalue weighted by Gasteiger charge is -2.13. The van der Waals surface area contributed by atoms with E-state index in [1.165, 1.54) is 33.7 Å². The molecule has 6 nitrogen and oxygen atoms in total. The Kier molecular flexibility index (Phi) is 11.7. The number of aliphatic hydroxyl groups is 1. The van der Waals surface area contributed by atoms with Crippen molar-refractivity contribution >= 4 is 5.91 Å². The number of nitrogens with one attached hydrogen (secondary N) is 1. The van der Waals surface area contributed by atoms with Crippen molar-refractivity contribution < 1.29 is 19.7 Å². The first kappa shape index (κ1) is 22.2. The predicted molar refractivity (Wildman–Crippen MR) is 96.5 cm³/mol. The molecule has 1 unspecified atom stereocenters. The highest BCUT2D eigenvalue weighted by atomic mass is 16.5. The molecule has 0 bridgehead atoms. The van der Waals surface area contributed by atoms with E-state index in [2.05, 4.69) is 31.0 Å². The third-order valence-corrected chi connectivity index (χ3v) is 3.68. The van der Waals surface area contributed by atoms with Gasteiger partial charge in [0.15, 0.2) is 11.5 Å². The molecule has 24 heavy (non-hydrogen) atoms. The molecule has 3 N–H and O–H groups in total. The Hall–Kier alpha value is -1.79. The number of phenols is 1. The minimum Gasteiger partial charge on any atom is -0.504 e. The van der Waals surface area contributed by atoms with Gasteiger partial charge in [-0.2, -0.15) is 0 Å². The number of methoxy groups -OCH3 is 1. The average molecular weight is 340 g/mol. The number of rotatable bonds is 8. The van der Waals surface area contributed by atoms with Gasteiger partial charge in [0.1, 0.15) is 6.10 Å². The number of carbonyl (C=O) groups is 1. The molecule has 0 radical (unpaired) electrons. The molecule has 0 fully saturated rings. The van der Waals surface area contributed by atoms with Crippen LogP contribution < -0.4 is 10.1 Å². The van der Waals surface area contributed by atoms with Crippen LogP contribution >= 0.6 is 0 Å². The zero-order valence-electron chi connectivity index (χ0n) is 15.5. The van der Waals surface area contributed by atoms with Crippen LogP contribution in [-0.2, 0) is 11.2 Å². The second kappa shape index (κ2) is 12.6. The summed E-state index contributed by atoms with van der Waals surface area (Å²) in [7, 11) is 1.48. The summed E-state index contributed by atoms with van der Waals surface area (Å²) in [5, 5.41) is 21.0. The molecule has 6 heteroatoms. The molecule has 138 valence electrons. The monoisotopic (exact) mass is 340 g/mol. The number of aliphatic hydroxyl groups excluding tert-OH is 1. The van der Waals surface area contributed by atoms with Crippen LogP contribution in [0.15, 0.2) is 18.2 Å². The Balaban J connectivity index is 0.000000640. The smallest absolute Gasteiger partial charge is 0.248 e. The van der Waals surface area contributed by atoms with Crippen LogP contribution in [-0.4, -0.2) is 60.4 Å². The van der Waals surface area contributed by atoms with Crippen molar-refractivity contribution in [1.29, 1.82) is 0 Å². The molecule has 0 heterocycles. The lowest BCUT2D eigenvalue weighted by Crippen LogP contribution is -2.33. The number of carbonyl (C=O) groups excluding carboxylic acids is 1. The summed E-state index contributed by atoms with van der Waals surface area (Å²) in [5.74, 6) is 0.101. The van der Waals surface area contributed by atoms with Crippen LogP contribution in [0.3, 0.4) is 0 Å². The van der Waals surface area contributed by atoms with E-state index in [0.717, 1.165) is 5.56 Å². The first-order chi connectivity index (χ1) is 11.4. The highest BCUT2D eigenvalue weighted by Gasteiger charge is 2.07. The average Bonchev–Trinajstić information content (AvgIpc) is 2.58. The number of hydrogen-bond acceptors (Lipinski definition) is 5. The molecule has 0 saturated carbocycles. The predicted octanol–water partition coefficient (Wildman–Crippen LogP) is 1.79. The molecule has 1 rings (SSSR count). The fraction of sp³-hybridized carbons (Fsp3) is 0.611. The Morgan fingerprint density at radius 2 is 1.83 bits per heavy atom. The van der Waals surface area contributed by atoms with Crippen molar-refractivity contribution in [3.05, 3.63) is 23.8 Å². The van der Waals surface area contributed by atoms with Crippen molar-refractivity contribution in [2.75, 3.05) is 33.3 Å². The van der Waals surface area contributed by atoms with E-state index in [0.29, 0.717) is 18.7 Å². The fourth-order valence-electron chi connectivity index (χ4n) is 2.03. The largest absolute Gasteiger partial charge is 0.504 e. The number of ether oxygens (including phenoxy) is 1. The van der Waals surface area contributed by atoms with Gasteiger partial charge < -0.3 is 25.2 Å². The summed E-state index contributed by atoms with van der Waals surface area (Å²) in [6.45, 7) is 12.0. The fourth-order valence-corrected chi connectivity index (χ4v) is 2.03. The highest BCUT2D eigenvalue weighted by molar-refractivity contribution is 5.79. The van der Waals surface area contributed by atoms with E-state index >= 15 is 0 Å². The van der Waals surface area contributed by atoms with Crippen LogP contribution in [0.1, 0.15) is 33.3 Å². The number of aromatic hydroxyl groups is 1. The van der Waals surface area contributed by atoms with Gasteiger partial charge in [0.25, 0.3) is 0 Å². The van der Waals surface area contributed by atoms with E-state index < -0.39 is 12.0 Å². The molecule has 1 aromatic rings. The van der Waals surface area contributed by atoms with Crippen molar-refractivity contribution in [3.63, 3.8) is 0 Å². The Morgan fingerprint density at radius 1 is 1.25 bits per heavy atom. The number of amides is 1. The van der Waals surface area contributed by atoms with Gasteiger partial charge in [-0.25, -0.2) is 0 Å². The van der Waals surface area contributed by atoms with Crippen LogP contribution in [0.2, 0.25) is 0 Å². The molecule has 0 spiro atoms. The molecule has 0 aliphatic heterocycles. The molecular weight excluding hydrogens is 308 g/mol. The summed E-state index contributed by atoms with van der Waals surface area (Å²) >= 11 is 0. The standard InChI is InChI=1S/C12H17NO4.C6H15N/c1-8(14)12(16)13-6-5-9-3-4-10(15)11(7-9)17-2;1-4-7(5-2)6-3/h3-4,7-8,14-15H,5-6H2,1-2H3,(H,13,16);4-6H2,1-3H3. The van der Waals surface area contributed by atoms with Crippen molar-refractivity contribution in [3.8, 4) is 11.5 Å². The zero-order valence-corrected chi connectivity index (χ0v) is 15.5. The summed E-state index contributed by atoms with van der Waals surface area (Å²) in [6, 6.07) is 5.01. The third-order valence-electron chi connectivity index (χ3n) is 3.68. The van der Waals surface area contributed by atoms with Gasteiger partial charge in [-0.3, -0.25) is 4.79 Å². The lowest BCUT2D eigenvalue weighted by atomic mass is 10.1. The van der Waals surface area contributed by atoms with Crippen molar-refractivity contribution in [1.82, 2.24) is 10.2 Å². The molecule has 1 atom stereocenters. The number of hydrogen-bond donors (Lipinski definition) is 3. The Labute approximate surface area is 145 Å². The first-order valence-electron chi connectivity index (χ1n) is 8.43. The lowest BCUT2D eigenvalue weighted by molar-refractivity contribution is -0.128. The van der Waals surface area contributed by atoms with Crippen molar-refractivity contribution in [2.45, 2.75) is 40.2 Å². The topological polar surface area (TPSA) is 82.0 Å². The second-order valence-corrected chi connectivity index (χ2v) is 5.34. The molecule has 1 aromatic carbocycles. The minimum atomic E-state index is -0.996. The normalized spacial score (nSPS) is 11.5. The maximum atomic E-state index is 11.1. The molecule has 1 amide bonds. The molecule has 0 aliphatic rings. The van der Waals surface area contributed by atoms with Gasteiger partial charge >= 0.3 is 0 Å². The van der Waals surface area contributed by atoms with Gasteiger partial charge in [0.2, 0.25) is 5.91 Å². The van der Waals surface area contributed by atoms with Gasteiger partial charge in [0, 0.05) is 6.54 Å². The number of benzene rings is 1. The highest BCUT2D eigenvalue weighted by Crippen LogP contribution is 2.26. The quantitative estimate of drug-likeness (QED) is 0.672. The van der Waals surface area contributed by atoms with E-state index in [1.807, 2.05) is 0 Å². The van der Waals surface area contributed by atoms with Crippen LogP contribution in [0.4, 0.5) is 0 Å². The summed E-state index contributed by atoms with van der Waals surface area (Å²) in [4.78, 5) is 13.5. The maximum Gasteiger partial charge on any atom is 0.248 e. The van der Waals surface area contributed by atoms with Gasteiger partial charge in [0.05, 0.1) is 7.11 Å². The maximum absolute atomic E-state index is 11.1. The number of phenolic OH excluding ortho intramolecular Hbond substituents is 1. The van der Waals surface area contributed by atoms with Crippen LogP contribution in [0, 0.1) is 0 Å². The van der Waals surface area contributed by atoms with E-state index in [1.54, 1.807) is 18.2 Å². The van der Waals surface area contributed by atoms with Crippen LogP contribution in [0.25, 0.3) is 0 Å². The third kappa shape index (κ3) is 8.74. The van der Waals surface area contributed by atoms with Crippen molar-refractivity contribution in [2.24, 2.45) is 0 Å². The van der Waals surface area contributed by atoms with E-state index in [4.69, 9.17) is 9.84 Å². The minimum absolute atomic E-state index is 0.0873. The summed E-state index contributed by atoms with van der Waals surface area (Å²) in [5.41, 5.74) is 0.936. The zero-order chi connectivity index (χ0) is 18.5. The summed E-state index contributed by atoms with van der Waals surface area (Å²) in [6.07, 6.45) is -0.390. The SMILES string of the molecule is CCN(CC)CC.COc1cc(CCNC(=O)C(C)O)ccc1O. The Bertz CT molecular complexity index is 469. The van der Waals surface area contributed by atoms with Gasteiger partial charge in [-0.1, -0.05) is 26.8 Å². The summed E-state index contributed by atoms with van der Waals surface area (Å²) < 4.78 is 4.97. The molecule has 0 saturated heterocycles. The van der Waals surface area contributed by atoms with Gasteiger partial charge in [-0.15, -0.1) is 0 Å². The van der Waals surface area contributed by atoms with E-state index in [9.17, 15) is 9.90 Å². The Morgan fingerprint density at radius 3 is 2.25 bits per heavy atom. The van der Waals surface area contributed by atoms with Crippen LogP contribution in [0.5, 0.6) is 11.5 Å². The molecule has 0 aliphatic carbocycles. The van der Waals surface area contributed by atoms with E-state index in [-0.39, 0.29) is 5.75 Å². The first-order valence-corrected chi connectivity index (χ1v) is 8.43. The molecular formula is C18H32N2O4. The number of nitrogens with zero attached hydrogens (tertiary/aromatic N) is 1. The second-order valence-electron chi connectivity index (χ2n) is 5.34. The van der Waals surface area contributed by atoms with Gasteiger partial charge in [-0.05, 0) is 50.7 Å².